The van der Waals surface area contributed by atoms with Crippen LogP contribution < -0.4 is 5.32 Å². The summed E-state index contributed by atoms with van der Waals surface area (Å²) in [6.45, 7) is 6.81. The normalized spacial score (nSPS) is 22.0. The highest BCUT2D eigenvalue weighted by Crippen LogP contribution is 2.10. The first-order valence-corrected chi connectivity index (χ1v) is 8.22. The van der Waals surface area contributed by atoms with E-state index in [-0.39, 0.29) is 12.0 Å². The summed E-state index contributed by atoms with van der Waals surface area (Å²) in [7, 11) is 0. The first kappa shape index (κ1) is 17.0. The largest absolute Gasteiger partial charge is 0.450 e. The average Bonchev–Trinajstić information content (AvgIpc) is 3.05. The molecule has 0 bridgehead atoms. The number of nitrogens with zero attached hydrogens (tertiary/aromatic N) is 2. The Bertz CT molecular complexity index is 364. The predicted molar refractivity (Wildman–Crippen MR) is 81.6 cm³/mol. The molecular formula is C15H27N3O4. The highest BCUT2D eigenvalue weighted by Gasteiger charge is 2.24. The van der Waals surface area contributed by atoms with Crippen LogP contribution in [0.15, 0.2) is 0 Å². The molecule has 0 saturated carbocycles. The highest BCUT2D eigenvalue weighted by atomic mass is 16.6. The van der Waals surface area contributed by atoms with Crippen LogP contribution in [0, 0.1) is 0 Å². The van der Waals surface area contributed by atoms with Gasteiger partial charge in [-0.05, 0) is 19.8 Å². The lowest BCUT2D eigenvalue weighted by atomic mass is 10.2. The molecule has 1 atom stereocenters. The Labute approximate surface area is 131 Å². The maximum atomic E-state index is 12.1. The van der Waals surface area contributed by atoms with Crippen molar-refractivity contribution in [1.82, 2.24) is 15.1 Å². The van der Waals surface area contributed by atoms with E-state index in [1.165, 1.54) is 0 Å². The van der Waals surface area contributed by atoms with Crippen LogP contribution in [-0.4, -0.2) is 80.4 Å². The van der Waals surface area contributed by atoms with Gasteiger partial charge in [0.05, 0.1) is 12.7 Å². The number of amides is 2. The van der Waals surface area contributed by atoms with Crippen LogP contribution in [0.3, 0.4) is 0 Å². The third-order valence-electron chi connectivity index (χ3n) is 4.07. The second-order valence-corrected chi connectivity index (χ2v) is 5.66. The van der Waals surface area contributed by atoms with Gasteiger partial charge in [0.2, 0.25) is 5.91 Å². The second-order valence-electron chi connectivity index (χ2n) is 5.66. The van der Waals surface area contributed by atoms with Crippen LogP contribution in [-0.2, 0) is 14.3 Å². The molecule has 2 aliphatic heterocycles. The minimum absolute atomic E-state index is 0.142. The number of hydrogen-bond donors (Lipinski definition) is 1. The molecule has 2 amide bonds. The van der Waals surface area contributed by atoms with Gasteiger partial charge in [-0.3, -0.25) is 4.79 Å². The van der Waals surface area contributed by atoms with E-state index in [2.05, 4.69) is 5.32 Å². The fourth-order valence-electron chi connectivity index (χ4n) is 2.77. The average molecular weight is 313 g/mol. The van der Waals surface area contributed by atoms with E-state index in [1.54, 1.807) is 11.8 Å². The maximum absolute atomic E-state index is 12.1. The zero-order chi connectivity index (χ0) is 15.8. The van der Waals surface area contributed by atoms with E-state index in [9.17, 15) is 9.59 Å². The smallest absolute Gasteiger partial charge is 0.409 e. The molecule has 2 fully saturated rings. The molecule has 0 aromatic rings. The minimum atomic E-state index is -0.284. The predicted octanol–water partition coefficient (Wildman–Crippen LogP) is 0.446. The van der Waals surface area contributed by atoms with Gasteiger partial charge in [0, 0.05) is 52.3 Å². The number of carbonyl (C=O) groups excluding carboxylic acids is 2. The Balaban J connectivity index is 1.57. The van der Waals surface area contributed by atoms with Gasteiger partial charge >= 0.3 is 6.09 Å². The fourth-order valence-corrected chi connectivity index (χ4v) is 2.77. The number of piperazine rings is 1. The van der Waals surface area contributed by atoms with Crippen molar-refractivity contribution in [2.75, 3.05) is 52.5 Å². The Hall–Kier alpha value is -1.34. The number of carbonyl (C=O) groups is 2. The lowest BCUT2D eigenvalue weighted by Gasteiger charge is -2.34. The van der Waals surface area contributed by atoms with Crippen molar-refractivity contribution in [3.8, 4) is 0 Å². The van der Waals surface area contributed by atoms with E-state index < -0.39 is 0 Å². The van der Waals surface area contributed by atoms with Crippen molar-refractivity contribution in [2.24, 2.45) is 0 Å². The molecule has 0 radical (unpaired) electrons. The maximum Gasteiger partial charge on any atom is 0.409 e. The van der Waals surface area contributed by atoms with Crippen LogP contribution in [0.4, 0.5) is 4.79 Å². The third-order valence-corrected chi connectivity index (χ3v) is 4.07. The SMILES string of the molecule is CCOC(=O)N1CCN(C(=O)CCNCC2CCCO2)CC1. The summed E-state index contributed by atoms with van der Waals surface area (Å²) in [5.41, 5.74) is 0. The zero-order valence-corrected chi connectivity index (χ0v) is 13.4. The molecule has 7 nitrogen and oxygen atoms in total. The highest BCUT2D eigenvalue weighted by molar-refractivity contribution is 5.77. The fraction of sp³-hybridized carbons (Fsp3) is 0.867. The van der Waals surface area contributed by atoms with Crippen molar-refractivity contribution in [1.29, 1.82) is 0 Å². The van der Waals surface area contributed by atoms with E-state index in [0.717, 1.165) is 26.0 Å². The quantitative estimate of drug-likeness (QED) is 0.721. The molecule has 126 valence electrons. The molecule has 2 saturated heterocycles. The van der Waals surface area contributed by atoms with Gasteiger partial charge in [-0.1, -0.05) is 0 Å². The Morgan fingerprint density at radius 1 is 1.23 bits per heavy atom. The molecule has 0 spiro atoms. The van der Waals surface area contributed by atoms with E-state index in [4.69, 9.17) is 9.47 Å². The summed E-state index contributed by atoms with van der Waals surface area (Å²) < 4.78 is 10.5. The molecule has 2 rings (SSSR count). The van der Waals surface area contributed by atoms with E-state index in [0.29, 0.717) is 51.9 Å². The van der Waals surface area contributed by atoms with Crippen molar-refractivity contribution in [2.45, 2.75) is 32.3 Å². The second kappa shape index (κ2) is 8.95. The van der Waals surface area contributed by atoms with Gasteiger partial charge < -0.3 is 24.6 Å². The van der Waals surface area contributed by atoms with Gasteiger partial charge in [0.25, 0.3) is 0 Å². The minimum Gasteiger partial charge on any atom is -0.450 e. The van der Waals surface area contributed by atoms with Gasteiger partial charge in [-0.2, -0.15) is 0 Å². The van der Waals surface area contributed by atoms with Crippen LogP contribution in [0.25, 0.3) is 0 Å². The monoisotopic (exact) mass is 313 g/mol. The molecule has 1 N–H and O–H groups in total. The summed E-state index contributed by atoms with van der Waals surface area (Å²) in [5.74, 6) is 0.142. The zero-order valence-electron chi connectivity index (χ0n) is 13.4. The Kier molecular flexibility index (Phi) is 6.92. The molecule has 2 heterocycles. The first-order chi connectivity index (χ1) is 10.7. The molecule has 0 aromatic carbocycles. The first-order valence-electron chi connectivity index (χ1n) is 8.22. The van der Waals surface area contributed by atoms with Crippen LogP contribution in [0.5, 0.6) is 0 Å². The standard InChI is InChI=1S/C15H27N3O4/c1-2-21-15(20)18-9-7-17(8-10-18)14(19)5-6-16-12-13-4-3-11-22-13/h13,16H,2-12H2,1H3. The van der Waals surface area contributed by atoms with Crippen molar-refractivity contribution >= 4 is 12.0 Å². The topological polar surface area (TPSA) is 71.1 Å². The van der Waals surface area contributed by atoms with E-state index >= 15 is 0 Å². The van der Waals surface area contributed by atoms with Crippen molar-refractivity contribution in [3.05, 3.63) is 0 Å². The number of ether oxygens (including phenoxy) is 2. The van der Waals surface area contributed by atoms with Crippen molar-refractivity contribution < 1.29 is 19.1 Å². The lowest BCUT2D eigenvalue weighted by Crippen LogP contribution is -2.51. The third kappa shape index (κ3) is 5.14. The molecule has 2 aliphatic rings. The number of hydrogen-bond acceptors (Lipinski definition) is 5. The van der Waals surface area contributed by atoms with Crippen molar-refractivity contribution in [3.63, 3.8) is 0 Å². The summed E-state index contributed by atoms with van der Waals surface area (Å²) in [5, 5.41) is 3.28. The molecule has 0 aromatic heterocycles. The Morgan fingerprint density at radius 3 is 2.59 bits per heavy atom. The number of nitrogens with one attached hydrogen (secondary N) is 1. The number of rotatable bonds is 6. The van der Waals surface area contributed by atoms with Gasteiger partial charge in [0.15, 0.2) is 0 Å². The summed E-state index contributed by atoms with van der Waals surface area (Å²) in [6.07, 6.45) is 2.76. The summed E-state index contributed by atoms with van der Waals surface area (Å²) in [6, 6.07) is 0. The van der Waals surface area contributed by atoms with E-state index in [1.807, 2.05) is 4.90 Å². The summed E-state index contributed by atoms with van der Waals surface area (Å²) >= 11 is 0. The van der Waals surface area contributed by atoms with Crippen LogP contribution in [0.2, 0.25) is 0 Å². The molecular weight excluding hydrogens is 286 g/mol. The molecule has 7 heteroatoms. The van der Waals surface area contributed by atoms with Gasteiger partial charge in [-0.15, -0.1) is 0 Å². The molecule has 0 aliphatic carbocycles. The Morgan fingerprint density at radius 2 is 1.95 bits per heavy atom. The summed E-state index contributed by atoms with van der Waals surface area (Å²) in [4.78, 5) is 27.2. The van der Waals surface area contributed by atoms with Gasteiger partial charge in [-0.25, -0.2) is 4.79 Å². The molecule has 1 unspecified atom stereocenters. The van der Waals surface area contributed by atoms with Gasteiger partial charge in [0.1, 0.15) is 0 Å². The van der Waals surface area contributed by atoms with Crippen LogP contribution in [0.1, 0.15) is 26.2 Å². The van der Waals surface area contributed by atoms with Crippen LogP contribution >= 0.6 is 0 Å². The molecule has 22 heavy (non-hydrogen) atoms. The lowest BCUT2D eigenvalue weighted by molar-refractivity contribution is -0.132.